The lowest BCUT2D eigenvalue weighted by Crippen LogP contribution is -2.44. The lowest BCUT2D eigenvalue weighted by molar-refractivity contribution is -0.137. The highest BCUT2D eigenvalue weighted by atomic mass is 35.5. The van der Waals surface area contributed by atoms with E-state index in [1.165, 1.54) is 17.0 Å². The molecule has 7 nitrogen and oxygen atoms in total. The van der Waals surface area contributed by atoms with E-state index >= 15 is 0 Å². The first kappa shape index (κ1) is 25.9. The molecule has 0 bridgehead atoms. The van der Waals surface area contributed by atoms with E-state index in [2.05, 4.69) is 10.3 Å². The number of benzene rings is 3. The summed E-state index contributed by atoms with van der Waals surface area (Å²) >= 11 is 6.90. The van der Waals surface area contributed by atoms with Crippen molar-refractivity contribution in [2.75, 3.05) is 12.1 Å². The third kappa shape index (κ3) is 5.89. The Kier molecular flexibility index (Phi) is 7.22. The third-order valence-corrected chi connectivity index (χ3v) is 7.16. The highest BCUT2D eigenvalue weighted by Crippen LogP contribution is 2.36. The number of thioether (sulfide) groups is 1. The van der Waals surface area contributed by atoms with Gasteiger partial charge in [-0.2, -0.15) is 13.2 Å². The molecule has 1 saturated heterocycles. The molecule has 38 heavy (non-hydrogen) atoms. The fourth-order valence-electron chi connectivity index (χ4n) is 3.84. The zero-order chi connectivity index (χ0) is 26.9. The molecule has 1 fully saturated rings. The van der Waals surface area contributed by atoms with Crippen molar-refractivity contribution in [3.8, 4) is 11.5 Å². The number of ether oxygens (including phenoxy) is 2. The van der Waals surface area contributed by atoms with Crippen LogP contribution in [-0.2, 0) is 22.3 Å². The monoisotopic (exact) mass is 561 g/mol. The molecule has 1 atom stereocenters. The maximum absolute atomic E-state index is 13.3. The second-order valence-electron chi connectivity index (χ2n) is 8.42. The lowest BCUT2D eigenvalue weighted by atomic mass is 10.1. The van der Waals surface area contributed by atoms with Crippen LogP contribution in [0.25, 0.3) is 0 Å². The normalized spacial score (nSPS) is 18.1. The fourth-order valence-corrected chi connectivity index (χ4v) is 5.06. The number of alkyl halides is 3. The first-order valence-electron chi connectivity index (χ1n) is 11.3. The average molecular weight is 562 g/mol. The standard InChI is InChI=1S/C26H19ClF3N3O4S/c27-17-5-7-18(8-6-17)31-24(35)22-12-23(34)33(13-15-4-9-20-21(10-15)37-14-36-20)25(38-22)32-19-3-1-2-16(11-19)26(28,29)30/h1-11,22H,12-14H2,(H,31,35). The molecule has 0 radical (unpaired) electrons. The molecule has 2 aliphatic rings. The molecule has 2 heterocycles. The minimum atomic E-state index is -4.56. The molecule has 1 unspecified atom stereocenters. The van der Waals surface area contributed by atoms with E-state index < -0.39 is 28.8 Å². The van der Waals surface area contributed by atoms with Gasteiger partial charge in [-0.1, -0.05) is 35.5 Å². The van der Waals surface area contributed by atoms with E-state index in [-0.39, 0.29) is 30.6 Å². The Morgan fingerprint density at radius 3 is 2.61 bits per heavy atom. The molecule has 2 aliphatic heterocycles. The van der Waals surface area contributed by atoms with Gasteiger partial charge in [-0.25, -0.2) is 4.99 Å². The number of nitrogens with one attached hydrogen (secondary N) is 1. The molecule has 3 aromatic rings. The molecular weight excluding hydrogens is 543 g/mol. The molecule has 0 aromatic heterocycles. The fraction of sp³-hybridized carbons (Fsp3) is 0.192. The Bertz CT molecular complexity index is 1420. The minimum absolute atomic E-state index is 0.00423. The van der Waals surface area contributed by atoms with Gasteiger partial charge in [-0.3, -0.25) is 14.5 Å². The molecule has 3 aromatic carbocycles. The van der Waals surface area contributed by atoms with Crippen LogP contribution in [0.4, 0.5) is 24.5 Å². The first-order chi connectivity index (χ1) is 18.2. The van der Waals surface area contributed by atoms with Crippen LogP contribution >= 0.6 is 23.4 Å². The van der Waals surface area contributed by atoms with Crippen LogP contribution in [0.3, 0.4) is 0 Å². The summed E-state index contributed by atoms with van der Waals surface area (Å²) in [4.78, 5) is 32.0. The summed E-state index contributed by atoms with van der Waals surface area (Å²) in [6.45, 7) is 0.162. The van der Waals surface area contributed by atoms with Gasteiger partial charge in [0.25, 0.3) is 0 Å². The highest BCUT2D eigenvalue weighted by Gasteiger charge is 2.36. The summed E-state index contributed by atoms with van der Waals surface area (Å²) in [5.74, 6) is 0.259. The van der Waals surface area contributed by atoms with Crippen molar-refractivity contribution in [1.29, 1.82) is 0 Å². The quantitative estimate of drug-likeness (QED) is 0.398. The summed E-state index contributed by atoms with van der Waals surface area (Å²) in [5.41, 5.74) is 0.325. The Labute approximate surface area is 224 Å². The van der Waals surface area contributed by atoms with Gasteiger partial charge in [0, 0.05) is 17.1 Å². The van der Waals surface area contributed by atoms with Crippen LogP contribution in [0.2, 0.25) is 5.02 Å². The molecule has 0 spiro atoms. The number of nitrogens with zero attached hydrogens (tertiary/aromatic N) is 2. The molecule has 12 heteroatoms. The Balaban J connectivity index is 1.44. The number of rotatable bonds is 5. The number of amidine groups is 1. The summed E-state index contributed by atoms with van der Waals surface area (Å²) in [5, 5.41) is 2.50. The second-order valence-corrected chi connectivity index (χ2v) is 10.0. The third-order valence-electron chi connectivity index (χ3n) is 5.72. The predicted octanol–water partition coefficient (Wildman–Crippen LogP) is 6.25. The molecule has 196 valence electrons. The van der Waals surface area contributed by atoms with Gasteiger partial charge in [0.15, 0.2) is 16.7 Å². The average Bonchev–Trinajstić information content (AvgIpc) is 3.35. The number of amides is 2. The van der Waals surface area contributed by atoms with Crippen LogP contribution < -0.4 is 14.8 Å². The largest absolute Gasteiger partial charge is 0.454 e. The van der Waals surface area contributed by atoms with Crippen LogP contribution in [-0.4, -0.2) is 33.9 Å². The van der Waals surface area contributed by atoms with Gasteiger partial charge < -0.3 is 14.8 Å². The second kappa shape index (κ2) is 10.6. The van der Waals surface area contributed by atoms with Crippen molar-refractivity contribution in [2.24, 2.45) is 4.99 Å². The Hall–Kier alpha value is -3.70. The van der Waals surface area contributed by atoms with Crippen molar-refractivity contribution in [3.63, 3.8) is 0 Å². The van der Waals surface area contributed by atoms with Gasteiger partial charge in [-0.15, -0.1) is 0 Å². The maximum Gasteiger partial charge on any atom is 0.416 e. The van der Waals surface area contributed by atoms with Crippen LogP contribution in [0, 0.1) is 0 Å². The highest BCUT2D eigenvalue weighted by molar-refractivity contribution is 8.15. The number of hydrogen-bond acceptors (Lipinski definition) is 6. The molecule has 0 saturated carbocycles. The van der Waals surface area contributed by atoms with Gasteiger partial charge in [-0.05, 0) is 60.2 Å². The Morgan fingerprint density at radius 2 is 1.84 bits per heavy atom. The summed E-state index contributed by atoms with van der Waals surface area (Å²) < 4.78 is 50.6. The number of aliphatic imine (C=N–C) groups is 1. The number of halogens is 4. The topological polar surface area (TPSA) is 80.2 Å². The molecule has 5 rings (SSSR count). The van der Waals surface area contributed by atoms with E-state index in [9.17, 15) is 22.8 Å². The van der Waals surface area contributed by atoms with Crippen molar-refractivity contribution in [2.45, 2.75) is 24.4 Å². The number of carbonyl (C=O) groups excluding carboxylic acids is 2. The van der Waals surface area contributed by atoms with Crippen molar-refractivity contribution in [3.05, 3.63) is 82.9 Å². The van der Waals surface area contributed by atoms with Crippen molar-refractivity contribution < 1.29 is 32.2 Å². The molecule has 2 amide bonds. The Morgan fingerprint density at radius 1 is 1.08 bits per heavy atom. The molecular formula is C26H19ClF3N3O4S. The smallest absolute Gasteiger partial charge is 0.416 e. The summed E-state index contributed by atoms with van der Waals surface area (Å²) in [6, 6.07) is 16.2. The number of anilines is 1. The van der Waals surface area contributed by atoms with Crippen LogP contribution in [0.15, 0.2) is 71.7 Å². The van der Waals surface area contributed by atoms with E-state index in [4.69, 9.17) is 21.1 Å². The summed E-state index contributed by atoms with van der Waals surface area (Å²) in [6.07, 6.45) is -4.69. The van der Waals surface area contributed by atoms with Crippen molar-refractivity contribution >= 4 is 51.7 Å². The van der Waals surface area contributed by atoms with Crippen molar-refractivity contribution in [1.82, 2.24) is 4.90 Å². The molecule has 0 aliphatic carbocycles. The van der Waals surface area contributed by atoms with E-state index in [0.717, 1.165) is 23.9 Å². The van der Waals surface area contributed by atoms with Gasteiger partial charge >= 0.3 is 6.18 Å². The minimum Gasteiger partial charge on any atom is -0.454 e. The number of carbonyl (C=O) groups is 2. The van der Waals surface area contributed by atoms with E-state index in [0.29, 0.717) is 27.8 Å². The summed E-state index contributed by atoms with van der Waals surface area (Å²) in [7, 11) is 0. The zero-order valence-electron chi connectivity index (χ0n) is 19.5. The number of hydrogen-bond donors (Lipinski definition) is 1. The van der Waals surface area contributed by atoms with Crippen LogP contribution in [0.5, 0.6) is 11.5 Å². The zero-order valence-corrected chi connectivity index (χ0v) is 21.1. The van der Waals surface area contributed by atoms with E-state index in [1.807, 2.05) is 0 Å². The van der Waals surface area contributed by atoms with Gasteiger partial charge in [0.05, 0.1) is 17.8 Å². The first-order valence-corrected chi connectivity index (χ1v) is 12.6. The SMILES string of the molecule is O=C(Nc1ccc(Cl)cc1)C1CC(=O)N(Cc2ccc3c(c2)OCO3)C(=Nc2cccc(C(F)(F)F)c2)S1. The number of fused-ring (bicyclic) bond motifs is 1. The van der Waals surface area contributed by atoms with Gasteiger partial charge in [0.1, 0.15) is 5.25 Å². The van der Waals surface area contributed by atoms with Gasteiger partial charge in [0.2, 0.25) is 18.6 Å². The predicted molar refractivity (Wildman–Crippen MR) is 138 cm³/mol. The van der Waals surface area contributed by atoms with E-state index in [1.54, 1.807) is 42.5 Å². The maximum atomic E-state index is 13.3. The lowest BCUT2D eigenvalue weighted by Gasteiger charge is -2.32. The molecule has 1 N–H and O–H groups in total. The van der Waals surface area contributed by atoms with Crippen LogP contribution in [0.1, 0.15) is 17.5 Å².